The van der Waals surface area contributed by atoms with Gasteiger partial charge in [-0.2, -0.15) is 0 Å². The highest BCUT2D eigenvalue weighted by Gasteiger charge is 2.23. The van der Waals surface area contributed by atoms with E-state index >= 15 is 0 Å². The summed E-state index contributed by atoms with van der Waals surface area (Å²) in [6.45, 7) is 5.59. The summed E-state index contributed by atoms with van der Waals surface area (Å²) in [6.07, 6.45) is 3.31. The van der Waals surface area contributed by atoms with Crippen molar-refractivity contribution < 1.29 is 9.53 Å². The van der Waals surface area contributed by atoms with Crippen LogP contribution in [-0.2, 0) is 4.74 Å². The average Bonchev–Trinajstić information content (AvgIpc) is 2.43. The molecule has 0 saturated carbocycles. The van der Waals surface area contributed by atoms with Crippen molar-refractivity contribution in [2.75, 3.05) is 30.7 Å². The van der Waals surface area contributed by atoms with Crippen molar-refractivity contribution in [3.63, 3.8) is 0 Å². The molecular formula is C14H22N4O2. The first kappa shape index (κ1) is 14.4. The third kappa shape index (κ3) is 3.53. The lowest BCUT2D eigenvalue weighted by atomic mass is 10.1. The zero-order valence-electron chi connectivity index (χ0n) is 12.1. The molecule has 0 unspecified atom stereocenters. The average molecular weight is 278 g/mol. The van der Waals surface area contributed by atoms with E-state index in [4.69, 9.17) is 10.5 Å². The van der Waals surface area contributed by atoms with Gasteiger partial charge in [0, 0.05) is 25.3 Å². The molecule has 20 heavy (non-hydrogen) atoms. The van der Waals surface area contributed by atoms with Crippen LogP contribution < -0.4 is 11.1 Å². The monoisotopic (exact) mass is 278 g/mol. The number of nitrogen functional groups attached to an aromatic ring is 1. The van der Waals surface area contributed by atoms with Crippen LogP contribution in [0, 0.1) is 6.92 Å². The molecule has 0 aliphatic carbocycles. The molecule has 0 aromatic carbocycles. The molecule has 1 aliphatic heterocycles. The third-order valence-electron chi connectivity index (χ3n) is 3.42. The SMILES string of the molecule is CCOC(=O)N1CCC(Nc2ncc(C)cc2N)CC1. The molecule has 1 aromatic rings. The standard InChI is InChI=1S/C14H22N4O2/c1-3-20-14(19)18-6-4-11(5-7-18)17-13-12(15)8-10(2)9-16-13/h8-9,11H,3-7,15H2,1-2H3,(H,16,17). The summed E-state index contributed by atoms with van der Waals surface area (Å²) in [5.74, 6) is 0.727. The highest BCUT2D eigenvalue weighted by Crippen LogP contribution is 2.21. The Morgan fingerprint density at radius 3 is 2.85 bits per heavy atom. The predicted molar refractivity (Wildman–Crippen MR) is 78.6 cm³/mol. The van der Waals surface area contributed by atoms with E-state index < -0.39 is 0 Å². The molecule has 6 nitrogen and oxygen atoms in total. The minimum atomic E-state index is -0.223. The lowest BCUT2D eigenvalue weighted by Gasteiger charge is -2.32. The molecule has 0 atom stereocenters. The largest absolute Gasteiger partial charge is 0.450 e. The van der Waals surface area contributed by atoms with Crippen molar-refractivity contribution in [2.24, 2.45) is 0 Å². The van der Waals surface area contributed by atoms with Gasteiger partial charge in [0.2, 0.25) is 0 Å². The molecule has 110 valence electrons. The highest BCUT2D eigenvalue weighted by molar-refractivity contribution is 5.67. The summed E-state index contributed by atoms with van der Waals surface area (Å²) >= 11 is 0. The van der Waals surface area contributed by atoms with E-state index in [9.17, 15) is 4.79 Å². The molecular weight excluding hydrogens is 256 g/mol. The Morgan fingerprint density at radius 1 is 1.55 bits per heavy atom. The minimum Gasteiger partial charge on any atom is -0.450 e. The van der Waals surface area contributed by atoms with Gasteiger partial charge in [0.25, 0.3) is 0 Å². The first-order valence-electron chi connectivity index (χ1n) is 7.00. The fourth-order valence-electron chi connectivity index (χ4n) is 2.33. The Kier molecular flexibility index (Phi) is 4.65. The van der Waals surface area contributed by atoms with Gasteiger partial charge in [-0.1, -0.05) is 0 Å². The van der Waals surface area contributed by atoms with Gasteiger partial charge in [-0.25, -0.2) is 9.78 Å². The molecule has 2 rings (SSSR count). The van der Waals surface area contributed by atoms with Crippen LogP contribution in [0.4, 0.5) is 16.3 Å². The van der Waals surface area contributed by atoms with Gasteiger partial charge in [-0.05, 0) is 38.3 Å². The number of ether oxygens (including phenoxy) is 1. The predicted octanol–water partition coefficient (Wildman–Crippen LogP) is 2.01. The number of carbonyl (C=O) groups excluding carboxylic acids is 1. The number of nitrogens with zero attached hydrogens (tertiary/aromatic N) is 2. The van der Waals surface area contributed by atoms with Crippen molar-refractivity contribution in [1.29, 1.82) is 0 Å². The van der Waals surface area contributed by atoms with Crippen LogP contribution in [0.25, 0.3) is 0 Å². The number of rotatable bonds is 3. The second-order valence-electron chi connectivity index (χ2n) is 5.06. The van der Waals surface area contributed by atoms with Gasteiger partial charge in [0.05, 0.1) is 12.3 Å². The second kappa shape index (κ2) is 6.45. The Balaban J connectivity index is 1.86. The van der Waals surface area contributed by atoms with Crippen LogP contribution in [0.3, 0.4) is 0 Å². The number of anilines is 2. The molecule has 3 N–H and O–H groups in total. The van der Waals surface area contributed by atoms with Crippen LogP contribution in [0.2, 0.25) is 0 Å². The molecule has 1 fully saturated rings. The number of nitrogens with one attached hydrogen (secondary N) is 1. The van der Waals surface area contributed by atoms with Crippen molar-refractivity contribution in [3.05, 3.63) is 17.8 Å². The molecule has 1 aliphatic rings. The highest BCUT2D eigenvalue weighted by atomic mass is 16.6. The van der Waals surface area contributed by atoms with Crippen LogP contribution in [0.15, 0.2) is 12.3 Å². The molecule has 0 radical (unpaired) electrons. The van der Waals surface area contributed by atoms with Crippen LogP contribution in [-0.4, -0.2) is 41.7 Å². The summed E-state index contributed by atoms with van der Waals surface area (Å²) in [5, 5.41) is 3.35. The number of amides is 1. The van der Waals surface area contributed by atoms with Crippen LogP contribution in [0.1, 0.15) is 25.3 Å². The maximum atomic E-state index is 11.6. The number of piperidine rings is 1. The fraction of sp³-hybridized carbons (Fsp3) is 0.571. The molecule has 0 bridgehead atoms. The Morgan fingerprint density at radius 2 is 2.25 bits per heavy atom. The van der Waals surface area contributed by atoms with Gasteiger partial charge >= 0.3 is 6.09 Å². The molecule has 6 heteroatoms. The number of hydrogen-bond acceptors (Lipinski definition) is 5. The molecule has 1 saturated heterocycles. The van der Waals surface area contributed by atoms with Gasteiger partial charge in [-0.15, -0.1) is 0 Å². The number of carbonyl (C=O) groups is 1. The number of pyridine rings is 1. The quantitative estimate of drug-likeness (QED) is 0.884. The number of hydrogen-bond donors (Lipinski definition) is 2. The summed E-state index contributed by atoms with van der Waals surface area (Å²) in [5.41, 5.74) is 7.66. The fourth-order valence-corrected chi connectivity index (χ4v) is 2.33. The van der Waals surface area contributed by atoms with Crippen molar-refractivity contribution in [3.8, 4) is 0 Å². The first-order valence-corrected chi connectivity index (χ1v) is 7.00. The maximum absolute atomic E-state index is 11.6. The van der Waals surface area contributed by atoms with E-state index in [1.807, 2.05) is 19.9 Å². The van der Waals surface area contributed by atoms with E-state index in [0.29, 0.717) is 25.4 Å². The normalized spacial score (nSPS) is 16.0. The van der Waals surface area contributed by atoms with Crippen molar-refractivity contribution in [1.82, 2.24) is 9.88 Å². The summed E-state index contributed by atoms with van der Waals surface area (Å²) in [4.78, 5) is 17.7. The van der Waals surface area contributed by atoms with E-state index in [0.717, 1.165) is 24.2 Å². The van der Waals surface area contributed by atoms with Crippen molar-refractivity contribution >= 4 is 17.6 Å². The Bertz CT molecular complexity index is 470. The number of aryl methyl sites for hydroxylation is 1. The lowest BCUT2D eigenvalue weighted by Crippen LogP contribution is -2.42. The summed E-state index contributed by atoms with van der Waals surface area (Å²) in [7, 11) is 0. The van der Waals surface area contributed by atoms with Gasteiger partial charge in [0.1, 0.15) is 5.82 Å². The van der Waals surface area contributed by atoms with E-state index in [1.54, 1.807) is 11.1 Å². The van der Waals surface area contributed by atoms with Gasteiger partial charge in [0.15, 0.2) is 0 Å². The zero-order valence-corrected chi connectivity index (χ0v) is 12.1. The lowest BCUT2D eigenvalue weighted by molar-refractivity contribution is 0.0983. The third-order valence-corrected chi connectivity index (χ3v) is 3.42. The number of likely N-dealkylation sites (tertiary alicyclic amines) is 1. The molecule has 1 aromatic heterocycles. The Labute approximate surface area is 119 Å². The van der Waals surface area contributed by atoms with E-state index in [2.05, 4.69) is 10.3 Å². The Hall–Kier alpha value is -1.98. The van der Waals surface area contributed by atoms with E-state index in [1.165, 1.54) is 0 Å². The topological polar surface area (TPSA) is 80.5 Å². The summed E-state index contributed by atoms with van der Waals surface area (Å²) < 4.78 is 5.00. The van der Waals surface area contributed by atoms with Crippen LogP contribution >= 0.6 is 0 Å². The van der Waals surface area contributed by atoms with Gasteiger partial charge < -0.3 is 20.7 Å². The maximum Gasteiger partial charge on any atom is 0.409 e. The number of aromatic nitrogens is 1. The summed E-state index contributed by atoms with van der Waals surface area (Å²) in [6, 6.07) is 2.20. The molecule has 0 spiro atoms. The first-order chi connectivity index (χ1) is 9.60. The van der Waals surface area contributed by atoms with Gasteiger partial charge in [-0.3, -0.25) is 0 Å². The van der Waals surface area contributed by atoms with E-state index in [-0.39, 0.29) is 12.1 Å². The van der Waals surface area contributed by atoms with Crippen LogP contribution in [0.5, 0.6) is 0 Å². The second-order valence-corrected chi connectivity index (χ2v) is 5.06. The smallest absolute Gasteiger partial charge is 0.409 e. The number of nitrogens with two attached hydrogens (primary N) is 1. The molecule has 1 amide bonds. The van der Waals surface area contributed by atoms with Crippen molar-refractivity contribution in [2.45, 2.75) is 32.7 Å². The zero-order chi connectivity index (χ0) is 14.5. The molecule has 2 heterocycles. The minimum absolute atomic E-state index is 0.223.